The van der Waals surface area contributed by atoms with E-state index in [1.807, 2.05) is 0 Å². The average molecular weight is 131 g/mol. The van der Waals surface area contributed by atoms with Crippen molar-refractivity contribution in [3.8, 4) is 0 Å². The Balaban J connectivity index is 2.24. The molecule has 1 saturated carbocycles. The Kier molecular flexibility index (Phi) is 2.41. The lowest BCUT2D eigenvalue weighted by Gasteiger charge is -1.95. The monoisotopic (exact) mass is 130 g/mol. The van der Waals surface area contributed by atoms with Crippen LogP contribution in [0.5, 0.6) is 0 Å². The van der Waals surface area contributed by atoms with Gasteiger partial charge in [0, 0.05) is 5.54 Å². The maximum absolute atomic E-state index is 5.40. The van der Waals surface area contributed by atoms with Crippen molar-refractivity contribution in [1.29, 1.82) is 0 Å². The first-order valence-corrected chi connectivity index (χ1v) is 3.64. The molecule has 0 N–H and O–H groups in total. The fourth-order valence-electron chi connectivity index (χ4n) is 1.25. The van der Waals surface area contributed by atoms with Crippen molar-refractivity contribution in [2.45, 2.75) is 25.7 Å². The number of hydrogen-bond acceptors (Lipinski definition) is 0. The Morgan fingerprint density at radius 1 is 1.25 bits per heavy atom. The lowest BCUT2D eigenvalue weighted by atomic mass is 10.1. The van der Waals surface area contributed by atoms with Crippen molar-refractivity contribution in [2.24, 2.45) is 5.92 Å². The predicted molar refractivity (Wildman–Crippen MR) is 37.0 cm³/mol. The molecule has 0 aliphatic heterocycles. The lowest BCUT2D eigenvalue weighted by molar-refractivity contribution is 0.687. The molecule has 1 heteroatoms. The highest BCUT2D eigenvalue weighted by atomic mass is 35.5. The van der Waals surface area contributed by atoms with Crippen LogP contribution in [0.25, 0.3) is 0 Å². The van der Waals surface area contributed by atoms with E-state index in [0.717, 1.165) is 5.92 Å². The molecule has 1 aliphatic carbocycles. The molecule has 1 rings (SSSR count). The Morgan fingerprint density at radius 2 is 1.88 bits per heavy atom. The molecule has 0 radical (unpaired) electrons. The zero-order valence-corrected chi connectivity index (χ0v) is 5.69. The molecule has 0 unspecified atom stereocenters. The van der Waals surface area contributed by atoms with Gasteiger partial charge in [0.05, 0.1) is 0 Å². The SMILES string of the molecule is ClC=CC1CCCC1. The van der Waals surface area contributed by atoms with Crippen molar-refractivity contribution in [2.75, 3.05) is 0 Å². The van der Waals surface area contributed by atoms with Crippen LogP contribution in [-0.2, 0) is 0 Å². The summed E-state index contributed by atoms with van der Waals surface area (Å²) in [6.07, 6.45) is 7.60. The summed E-state index contributed by atoms with van der Waals surface area (Å²) in [5, 5.41) is 0. The first kappa shape index (κ1) is 6.15. The van der Waals surface area contributed by atoms with Gasteiger partial charge in [0.2, 0.25) is 0 Å². The van der Waals surface area contributed by atoms with Crippen LogP contribution >= 0.6 is 11.6 Å². The summed E-state index contributed by atoms with van der Waals surface area (Å²) in [6, 6.07) is 0. The van der Waals surface area contributed by atoms with E-state index < -0.39 is 0 Å². The van der Waals surface area contributed by atoms with E-state index in [4.69, 9.17) is 11.6 Å². The van der Waals surface area contributed by atoms with Crippen molar-refractivity contribution < 1.29 is 0 Å². The van der Waals surface area contributed by atoms with Gasteiger partial charge in [-0.3, -0.25) is 0 Å². The van der Waals surface area contributed by atoms with Gasteiger partial charge in [-0.2, -0.15) is 0 Å². The van der Waals surface area contributed by atoms with Gasteiger partial charge in [-0.05, 0) is 18.8 Å². The van der Waals surface area contributed by atoms with Gasteiger partial charge in [0.1, 0.15) is 0 Å². The summed E-state index contributed by atoms with van der Waals surface area (Å²) in [5.41, 5.74) is 1.65. The van der Waals surface area contributed by atoms with Crippen molar-refractivity contribution in [1.82, 2.24) is 0 Å². The molecule has 0 nitrogen and oxygen atoms in total. The van der Waals surface area contributed by atoms with Gasteiger partial charge in [-0.15, -0.1) is 0 Å². The predicted octanol–water partition coefficient (Wildman–Crippen LogP) is 2.93. The minimum absolute atomic E-state index is 0.799. The minimum Gasteiger partial charge on any atom is -0.0933 e. The van der Waals surface area contributed by atoms with Crippen LogP contribution in [0.4, 0.5) is 0 Å². The van der Waals surface area contributed by atoms with Crippen LogP contribution in [-0.4, -0.2) is 0 Å². The summed E-state index contributed by atoms with van der Waals surface area (Å²) in [6.45, 7) is 0. The van der Waals surface area contributed by atoms with E-state index in [0.29, 0.717) is 0 Å². The third-order valence-corrected chi connectivity index (χ3v) is 1.89. The molecule has 0 aromatic heterocycles. The van der Waals surface area contributed by atoms with Gasteiger partial charge in [0.25, 0.3) is 0 Å². The molecule has 1 fully saturated rings. The lowest BCUT2D eigenvalue weighted by Crippen LogP contribution is -1.82. The fraction of sp³-hybridized carbons (Fsp3) is 0.714. The molecule has 0 spiro atoms. The first-order chi connectivity index (χ1) is 3.93. The van der Waals surface area contributed by atoms with Crippen molar-refractivity contribution in [3.05, 3.63) is 11.6 Å². The molecule has 1 aliphatic rings. The average Bonchev–Trinajstić information content (AvgIpc) is 2.19. The highest BCUT2D eigenvalue weighted by Crippen LogP contribution is 2.25. The van der Waals surface area contributed by atoms with Gasteiger partial charge in [-0.25, -0.2) is 0 Å². The van der Waals surface area contributed by atoms with E-state index in [-0.39, 0.29) is 0 Å². The molecular weight excluding hydrogens is 120 g/mol. The number of halogens is 1. The van der Waals surface area contributed by atoms with E-state index >= 15 is 0 Å². The number of allylic oxidation sites excluding steroid dienone is 1. The van der Waals surface area contributed by atoms with Crippen LogP contribution in [0.2, 0.25) is 0 Å². The Bertz CT molecular complexity index is 80.4. The molecule has 0 heterocycles. The normalized spacial score (nSPS) is 23.1. The first-order valence-electron chi connectivity index (χ1n) is 3.20. The smallest absolute Gasteiger partial charge is 0.000525 e. The second-order valence-corrected chi connectivity index (χ2v) is 2.61. The molecule has 0 saturated heterocycles. The van der Waals surface area contributed by atoms with E-state index in [9.17, 15) is 0 Å². The van der Waals surface area contributed by atoms with E-state index in [1.54, 1.807) is 5.54 Å². The zero-order chi connectivity index (χ0) is 5.82. The minimum atomic E-state index is 0.799. The zero-order valence-electron chi connectivity index (χ0n) is 4.94. The summed E-state index contributed by atoms with van der Waals surface area (Å²) >= 11 is 5.40. The topological polar surface area (TPSA) is 0 Å². The number of rotatable bonds is 1. The third kappa shape index (κ3) is 1.52. The maximum Gasteiger partial charge on any atom is 0.000525 e. The summed E-state index contributed by atoms with van der Waals surface area (Å²) in [5.74, 6) is 0.799. The van der Waals surface area contributed by atoms with Crippen molar-refractivity contribution in [3.63, 3.8) is 0 Å². The Hall–Kier alpha value is 0.0300. The van der Waals surface area contributed by atoms with Crippen LogP contribution in [0.15, 0.2) is 11.6 Å². The molecule has 0 aromatic rings. The molecule has 0 aromatic carbocycles. The molecule has 46 valence electrons. The third-order valence-electron chi connectivity index (χ3n) is 1.74. The quantitative estimate of drug-likeness (QED) is 0.512. The Morgan fingerprint density at radius 3 is 2.38 bits per heavy atom. The fourth-order valence-corrected chi connectivity index (χ4v) is 1.46. The second kappa shape index (κ2) is 3.13. The molecule has 0 amide bonds. The summed E-state index contributed by atoms with van der Waals surface area (Å²) in [7, 11) is 0. The second-order valence-electron chi connectivity index (χ2n) is 2.36. The van der Waals surface area contributed by atoms with Gasteiger partial charge in [0.15, 0.2) is 0 Å². The highest BCUT2D eigenvalue weighted by molar-refractivity contribution is 6.25. The van der Waals surface area contributed by atoms with Crippen LogP contribution in [0.3, 0.4) is 0 Å². The van der Waals surface area contributed by atoms with Crippen molar-refractivity contribution >= 4 is 11.6 Å². The van der Waals surface area contributed by atoms with Gasteiger partial charge < -0.3 is 0 Å². The highest BCUT2D eigenvalue weighted by Gasteiger charge is 2.10. The number of hydrogen-bond donors (Lipinski definition) is 0. The molecular formula is C7H11Cl. The standard InChI is InChI=1S/C7H11Cl/c8-6-5-7-3-1-2-4-7/h5-7H,1-4H2. The molecule has 0 bridgehead atoms. The largest absolute Gasteiger partial charge is 0.0933 e. The summed E-state index contributed by atoms with van der Waals surface area (Å²) in [4.78, 5) is 0. The van der Waals surface area contributed by atoms with Crippen LogP contribution < -0.4 is 0 Å². The van der Waals surface area contributed by atoms with Crippen LogP contribution in [0, 0.1) is 5.92 Å². The van der Waals surface area contributed by atoms with Gasteiger partial charge in [-0.1, -0.05) is 30.5 Å². The molecule has 8 heavy (non-hydrogen) atoms. The summed E-state index contributed by atoms with van der Waals surface area (Å²) < 4.78 is 0. The molecule has 0 atom stereocenters. The maximum atomic E-state index is 5.40. The Labute approximate surface area is 55.5 Å². The van der Waals surface area contributed by atoms with Crippen LogP contribution in [0.1, 0.15) is 25.7 Å². The van der Waals surface area contributed by atoms with Gasteiger partial charge >= 0.3 is 0 Å². The van der Waals surface area contributed by atoms with E-state index in [1.165, 1.54) is 25.7 Å². The van der Waals surface area contributed by atoms with E-state index in [2.05, 4.69) is 6.08 Å².